The predicted octanol–water partition coefficient (Wildman–Crippen LogP) is 0.428. The van der Waals surface area contributed by atoms with Crippen molar-refractivity contribution in [2.24, 2.45) is 11.7 Å². The maximum absolute atomic E-state index is 5.66. The van der Waals surface area contributed by atoms with E-state index in [-0.39, 0.29) is 0 Å². The molecule has 10 heavy (non-hydrogen) atoms. The summed E-state index contributed by atoms with van der Waals surface area (Å²) >= 11 is 0. The summed E-state index contributed by atoms with van der Waals surface area (Å²) in [4.78, 5) is 2.53. The molecule has 2 aliphatic heterocycles. The second-order valence-corrected chi connectivity index (χ2v) is 3.70. The van der Waals surface area contributed by atoms with Crippen LogP contribution in [0.4, 0.5) is 0 Å². The molecule has 3 atom stereocenters. The minimum atomic E-state index is 0.809. The number of nitrogens with zero attached hydrogens (tertiary/aromatic N) is 1. The molecule has 2 bridgehead atoms. The van der Waals surface area contributed by atoms with E-state index < -0.39 is 0 Å². The lowest BCUT2D eigenvalue weighted by Gasteiger charge is -2.19. The van der Waals surface area contributed by atoms with E-state index >= 15 is 0 Å². The van der Waals surface area contributed by atoms with Gasteiger partial charge in [-0.3, -0.25) is 0 Å². The summed E-state index contributed by atoms with van der Waals surface area (Å²) < 4.78 is 0. The van der Waals surface area contributed by atoms with Crippen molar-refractivity contribution >= 4 is 0 Å². The first-order valence-corrected chi connectivity index (χ1v) is 4.25. The quantitative estimate of drug-likeness (QED) is 0.572. The maximum Gasteiger partial charge on any atom is 0.0137 e. The van der Waals surface area contributed by atoms with Gasteiger partial charge < -0.3 is 10.6 Å². The van der Waals surface area contributed by atoms with Gasteiger partial charge in [0, 0.05) is 12.1 Å². The standard InChI is InChI=1S/C8H16N2/c1-10-7-2-3-8(10)6(4-7)5-9/h6-8H,2-5,9H2,1H3/t6-,7+,8-/m1/s1. The zero-order valence-corrected chi connectivity index (χ0v) is 6.59. The molecule has 0 saturated carbocycles. The van der Waals surface area contributed by atoms with Crippen LogP contribution in [0.15, 0.2) is 0 Å². The Hall–Kier alpha value is -0.0800. The van der Waals surface area contributed by atoms with Crippen molar-refractivity contribution in [2.45, 2.75) is 31.3 Å². The van der Waals surface area contributed by atoms with Crippen molar-refractivity contribution in [3.63, 3.8) is 0 Å². The van der Waals surface area contributed by atoms with Crippen molar-refractivity contribution in [1.29, 1.82) is 0 Å². The summed E-state index contributed by atoms with van der Waals surface area (Å²) in [6.45, 7) is 0.894. The topological polar surface area (TPSA) is 29.3 Å². The van der Waals surface area contributed by atoms with Crippen LogP contribution in [0.2, 0.25) is 0 Å². The van der Waals surface area contributed by atoms with E-state index in [1.165, 1.54) is 19.3 Å². The highest BCUT2D eigenvalue weighted by Crippen LogP contribution is 2.39. The van der Waals surface area contributed by atoms with Gasteiger partial charge in [-0.15, -0.1) is 0 Å². The predicted molar refractivity (Wildman–Crippen MR) is 41.7 cm³/mol. The fourth-order valence-electron chi connectivity index (χ4n) is 2.65. The van der Waals surface area contributed by atoms with Crippen molar-refractivity contribution < 1.29 is 0 Å². The number of rotatable bonds is 1. The lowest BCUT2D eigenvalue weighted by molar-refractivity contribution is 0.292. The number of nitrogens with two attached hydrogens (primary N) is 1. The molecule has 0 aromatic heterocycles. The molecule has 2 fully saturated rings. The highest BCUT2D eigenvalue weighted by molar-refractivity contribution is 4.98. The van der Waals surface area contributed by atoms with Gasteiger partial charge >= 0.3 is 0 Å². The van der Waals surface area contributed by atoms with Crippen LogP contribution in [0, 0.1) is 5.92 Å². The van der Waals surface area contributed by atoms with Gasteiger partial charge in [0.05, 0.1) is 0 Å². The van der Waals surface area contributed by atoms with Crippen LogP contribution < -0.4 is 5.73 Å². The third-order valence-electron chi connectivity index (χ3n) is 3.32. The summed E-state index contributed by atoms with van der Waals surface area (Å²) in [5, 5.41) is 0. The highest BCUT2D eigenvalue weighted by Gasteiger charge is 2.42. The smallest absolute Gasteiger partial charge is 0.0137 e. The Bertz CT molecular complexity index is 135. The zero-order chi connectivity index (χ0) is 7.14. The molecular weight excluding hydrogens is 124 g/mol. The molecule has 2 saturated heterocycles. The van der Waals surface area contributed by atoms with Crippen LogP contribution in [0.25, 0.3) is 0 Å². The van der Waals surface area contributed by atoms with Crippen LogP contribution in [-0.2, 0) is 0 Å². The molecule has 2 aliphatic rings. The molecule has 0 aliphatic carbocycles. The van der Waals surface area contributed by atoms with Gasteiger partial charge in [-0.05, 0) is 38.8 Å². The molecule has 2 rings (SSSR count). The number of fused-ring (bicyclic) bond motifs is 2. The van der Waals surface area contributed by atoms with Crippen LogP contribution in [0.1, 0.15) is 19.3 Å². The van der Waals surface area contributed by atoms with Gasteiger partial charge in [0.25, 0.3) is 0 Å². The Kier molecular flexibility index (Phi) is 1.46. The molecule has 58 valence electrons. The summed E-state index contributed by atoms with van der Waals surface area (Å²) in [6, 6.07) is 1.70. The molecular formula is C8H16N2. The molecule has 0 spiro atoms. The summed E-state index contributed by atoms with van der Waals surface area (Å²) in [6.07, 6.45) is 4.17. The molecule has 0 amide bonds. The first kappa shape index (κ1) is 6.62. The van der Waals surface area contributed by atoms with Crippen molar-refractivity contribution in [1.82, 2.24) is 4.90 Å². The molecule has 0 aromatic rings. The Morgan fingerprint density at radius 2 is 2.30 bits per heavy atom. The molecule has 2 heteroatoms. The third-order valence-corrected chi connectivity index (χ3v) is 3.32. The first-order chi connectivity index (χ1) is 4.83. The van der Waals surface area contributed by atoms with Crippen molar-refractivity contribution in [3.05, 3.63) is 0 Å². The number of hydrogen-bond acceptors (Lipinski definition) is 2. The van der Waals surface area contributed by atoms with Crippen LogP contribution in [0.3, 0.4) is 0 Å². The zero-order valence-electron chi connectivity index (χ0n) is 6.59. The van der Waals surface area contributed by atoms with E-state index in [1.54, 1.807) is 0 Å². The largest absolute Gasteiger partial charge is 0.330 e. The van der Waals surface area contributed by atoms with E-state index in [1.807, 2.05) is 0 Å². The van der Waals surface area contributed by atoms with E-state index in [0.29, 0.717) is 0 Å². The second kappa shape index (κ2) is 2.21. The molecule has 2 nitrogen and oxygen atoms in total. The fourth-order valence-corrected chi connectivity index (χ4v) is 2.65. The second-order valence-electron chi connectivity index (χ2n) is 3.70. The van der Waals surface area contributed by atoms with E-state index in [2.05, 4.69) is 11.9 Å². The highest BCUT2D eigenvalue weighted by atomic mass is 15.2. The number of hydrogen-bond donors (Lipinski definition) is 1. The summed E-state index contributed by atoms with van der Waals surface area (Å²) in [7, 11) is 2.25. The fraction of sp³-hybridized carbons (Fsp3) is 1.00. The van der Waals surface area contributed by atoms with E-state index in [4.69, 9.17) is 5.73 Å². The summed E-state index contributed by atoms with van der Waals surface area (Å²) in [5.41, 5.74) is 5.66. The van der Waals surface area contributed by atoms with Gasteiger partial charge in [0.1, 0.15) is 0 Å². The van der Waals surface area contributed by atoms with Gasteiger partial charge in [0.15, 0.2) is 0 Å². The normalized spacial score (nSPS) is 46.8. The SMILES string of the molecule is CN1[C@H]2CC[C@@H]1[C@@H](CN)C2. The minimum absolute atomic E-state index is 0.809. The van der Waals surface area contributed by atoms with Crippen molar-refractivity contribution in [3.8, 4) is 0 Å². The minimum Gasteiger partial charge on any atom is -0.330 e. The molecule has 2 N–H and O–H groups in total. The third kappa shape index (κ3) is 0.722. The maximum atomic E-state index is 5.66. The Balaban J connectivity index is 2.08. The molecule has 0 radical (unpaired) electrons. The van der Waals surface area contributed by atoms with Gasteiger partial charge in [-0.2, -0.15) is 0 Å². The average molecular weight is 140 g/mol. The monoisotopic (exact) mass is 140 g/mol. The summed E-state index contributed by atoms with van der Waals surface area (Å²) in [5.74, 6) is 0.809. The first-order valence-electron chi connectivity index (χ1n) is 4.25. The lowest BCUT2D eigenvalue weighted by atomic mass is 9.89. The van der Waals surface area contributed by atoms with Gasteiger partial charge in [-0.1, -0.05) is 0 Å². The van der Waals surface area contributed by atoms with E-state index in [0.717, 1.165) is 24.5 Å². The Morgan fingerprint density at radius 3 is 2.60 bits per heavy atom. The molecule has 0 unspecified atom stereocenters. The van der Waals surface area contributed by atoms with Crippen LogP contribution >= 0.6 is 0 Å². The van der Waals surface area contributed by atoms with Crippen LogP contribution in [0.5, 0.6) is 0 Å². The average Bonchev–Trinajstić information content (AvgIpc) is 2.46. The Morgan fingerprint density at radius 1 is 1.50 bits per heavy atom. The van der Waals surface area contributed by atoms with E-state index in [9.17, 15) is 0 Å². The van der Waals surface area contributed by atoms with Gasteiger partial charge in [-0.25, -0.2) is 0 Å². The van der Waals surface area contributed by atoms with Crippen LogP contribution in [-0.4, -0.2) is 30.6 Å². The lowest BCUT2D eigenvalue weighted by Crippen LogP contribution is -2.29. The molecule has 0 aromatic carbocycles. The van der Waals surface area contributed by atoms with Crippen molar-refractivity contribution in [2.75, 3.05) is 13.6 Å². The Labute approximate surface area is 62.4 Å². The van der Waals surface area contributed by atoms with Gasteiger partial charge in [0.2, 0.25) is 0 Å². The molecule has 2 heterocycles.